The van der Waals surface area contributed by atoms with E-state index in [9.17, 15) is 13.2 Å². The SMILES string of the molecule is Cc1ccc(S(=O)(=O)N2CCN(CC(=O)N3CC[C@@H]4CCCC[C@@H]4C3)CC2)c(C)c1. The molecule has 3 aliphatic rings. The van der Waals surface area contributed by atoms with Gasteiger partial charge in [0.15, 0.2) is 0 Å². The molecule has 0 N–H and O–H groups in total. The van der Waals surface area contributed by atoms with E-state index in [1.807, 2.05) is 26.0 Å². The van der Waals surface area contributed by atoms with E-state index in [1.54, 1.807) is 10.4 Å². The number of aryl methyl sites for hydroxylation is 2. The van der Waals surface area contributed by atoms with Crippen molar-refractivity contribution >= 4 is 15.9 Å². The summed E-state index contributed by atoms with van der Waals surface area (Å²) >= 11 is 0. The summed E-state index contributed by atoms with van der Waals surface area (Å²) in [6.45, 7) is 8.13. The van der Waals surface area contributed by atoms with Crippen molar-refractivity contribution in [2.75, 3.05) is 45.8 Å². The molecule has 0 aromatic heterocycles. The Hall–Kier alpha value is -1.44. The van der Waals surface area contributed by atoms with E-state index in [2.05, 4.69) is 9.80 Å². The van der Waals surface area contributed by atoms with E-state index < -0.39 is 10.0 Å². The van der Waals surface area contributed by atoms with Crippen LogP contribution in [0.2, 0.25) is 0 Å². The second-order valence-electron chi connectivity index (χ2n) is 9.38. The van der Waals surface area contributed by atoms with Gasteiger partial charge in [-0.2, -0.15) is 4.31 Å². The molecule has 6 nitrogen and oxygen atoms in total. The quantitative estimate of drug-likeness (QED) is 0.732. The van der Waals surface area contributed by atoms with Crippen LogP contribution in [0.25, 0.3) is 0 Å². The van der Waals surface area contributed by atoms with Gasteiger partial charge in [-0.1, -0.05) is 37.0 Å². The van der Waals surface area contributed by atoms with E-state index in [4.69, 9.17) is 0 Å². The summed E-state index contributed by atoms with van der Waals surface area (Å²) in [4.78, 5) is 17.4. The summed E-state index contributed by atoms with van der Waals surface area (Å²) in [6.07, 6.45) is 6.41. The first-order valence-corrected chi connectivity index (χ1v) is 12.9. The molecule has 0 unspecified atom stereocenters. The standard InChI is InChI=1S/C23H35N3O3S/c1-18-7-8-22(19(2)15-18)30(28,29)26-13-11-24(12-14-26)17-23(27)25-10-9-20-5-3-4-6-21(20)16-25/h7-8,15,20-21H,3-6,9-14,16-17H2,1-2H3/t20-,21+/m0/s1. The van der Waals surface area contributed by atoms with Gasteiger partial charge in [0, 0.05) is 39.3 Å². The predicted molar refractivity (Wildman–Crippen MR) is 118 cm³/mol. The van der Waals surface area contributed by atoms with Gasteiger partial charge in [-0.3, -0.25) is 9.69 Å². The molecule has 3 fully saturated rings. The Morgan fingerprint density at radius 3 is 2.37 bits per heavy atom. The van der Waals surface area contributed by atoms with Crippen molar-refractivity contribution in [1.29, 1.82) is 0 Å². The zero-order valence-electron chi connectivity index (χ0n) is 18.3. The molecule has 1 aromatic carbocycles. The van der Waals surface area contributed by atoms with Crippen molar-refractivity contribution in [1.82, 2.24) is 14.1 Å². The Balaban J connectivity index is 1.30. The van der Waals surface area contributed by atoms with E-state index in [0.717, 1.165) is 36.6 Å². The number of carbonyl (C=O) groups excluding carboxylic acids is 1. The number of likely N-dealkylation sites (tertiary alicyclic amines) is 1. The topological polar surface area (TPSA) is 60.9 Å². The normalized spacial score (nSPS) is 26.4. The van der Waals surface area contributed by atoms with Gasteiger partial charge in [-0.25, -0.2) is 8.42 Å². The van der Waals surface area contributed by atoms with Crippen molar-refractivity contribution in [2.45, 2.75) is 50.8 Å². The number of piperidine rings is 1. The van der Waals surface area contributed by atoms with Gasteiger partial charge < -0.3 is 4.90 Å². The predicted octanol–water partition coefficient (Wildman–Crippen LogP) is 2.65. The molecule has 1 aromatic rings. The van der Waals surface area contributed by atoms with Crippen LogP contribution in [-0.4, -0.2) is 74.2 Å². The molecule has 2 atom stereocenters. The highest BCUT2D eigenvalue weighted by Crippen LogP contribution is 2.36. The van der Waals surface area contributed by atoms with E-state index in [-0.39, 0.29) is 5.91 Å². The van der Waals surface area contributed by atoms with Gasteiger partial charge >= 0.3 is 0 Å². The van der Waals surface area contributed by atoms with Crippen molar-refractivity contribution in [2.24, 2.45) is 11.8 Å². The molecule has 1 amide bonds. The molecule has 7 heteroatoms. The minimum absolute atomic E-state index is 0.213. The van der Waals surface area contributed by atoms with Crippen LogP contribution in [0.5, 0.6) is 0 Å². The summed E-state index contributed by atoms with van der Waals surface area (Å²) in [6, 6.07) is 5.48. The third-order valence-corrected chi connectivity index (χ3v) is 9.34. The maximum Gasteiger partial charge on any atom is 0.243 e. The highest BCUT2D eigenvalue weighted by molar-refractivity contribution is 7.89. The summed E-state index contributed by atoms with van der Waals surface area (Å²) in [5.74, 6) is 1.72. The minimum atomic E-state index is -3.48. The molecule has 2 aliphatic heterocycles. The van der Waals surface area contributed by atoms with Crippen LogP contribution in [-0.2, 0) is 14.8 Å². The summed E-state index contributed by atoms with van der Waals surface area (Å²) in [5, 5.41) is 0. The number of benzene rings is 1. The van der Waals surface area contributed by atoms with Gasteiger partial charge in [0.1, 0.15) is 0 Å². The monoisotopic (exact) mass is 433 g/mol. The van der Waals surface area contributed by atoms with Crippen LogP contribution >= 0.6 is 0 Å². The summed E-state index contributed by atoms with van der Waals surface area (Å²) in [5.41, 5.74) is 1.85. The van der Waals surface area contributed by atoms with Crippen LogP contribution in [0.1, 0.15) is 43.2 Å². The molecule has 0 bridgehead atoms. The fraction of sp³-hybridized carbons (Fsp3) is 0.696. The molecular formula is C23H35N3O3S. The molecular weight excluding hydrogens is 398 g/mol. The number of piperazine rings is 1. The molecule has 166 valence electrons. The van der Waals surface area contributed by atoms with Crippen molar-refractivity contribution in [3.05, 3.63) is 29.3 Å². The Morgan fingerprint density at radius 1 is 0.967 bits per heavy atom. The van der Waals surface area contributed by atoms with E-state index in [1.165, 1.54) is 25.7 Å². The molecule has 0 radical (unpaired) electrons. The van der Waals surface area contributed by atoms with Crippen molar-refractivity contribution in [3.63, 3.8) is 0 Å². The number of rotatable bonds is 4. The van der Waals surface area contributed by atoms with Crippen molar-refractivity contribution < 1.29 is 13.2 Å². The lowest BCUT2D eigenvalue weighted by Crippen LogP contribution is -2.53. The molecule has 4 rings (SSSR count). The Labute approximate surface area is 181 Å². The van der Waals surface area contributed by atoms with Gasteiger partial charge in [0.2, 0.25) is 15.9 Å². The van der Waals surface area contributed by atoms with Crippen LogP contribution in [0.15, 0.2) is 23.1 Å². The first-order chi connectivity index (χ1) is 14.3. The van der Waals surface area contributed by atoms with E-state index in [0.29, 0.717) is 43.5 Å². The van der Waals surface area contributed by atoms with Crippen LogP contribution in [0.3, 0.4) is 0 Å². The van der Waals surface area contributed by atoms with Gasteiger partial charge in [0.25, 0.3) is 0 Å². The Morgan fingerprint density at radius 2 is 1.67 bits per heavy atom. The number of amides is 1. The Bertz CT molecular complexity index is 878. The van der Waals surface area contributed by atoms with Gasteiger partial charge in [-0.05, 0) is 50.2 Å². The number of fused-ring (bicyclic) bond motifs is 1. The van der Waals surface area contributed by atoms with Crippen LogP contribution < -0.4 is 0 Å². The molecule has 2 heterocycles. The second-order valence-corrected chi connectivity index (χ2v) is 11.3. The smallest absolute Gasteiger partial charge is 0.243 e. The van der Waals surface area contributed by atoms with Crippen LogP contribution in [0.4, 0.5) is 0 Å². The first kappa shape index (κ1) is 21.8. The fourth-order valence-corrected chi connectivity index (χ4v) is 7.10. The number of carbonyl (C=O) groups is 1. The highest BCUT2D eigenvalue weighted by atomic mass is 32.2. The largest absolute Gasteiger partial charge is 0.341 e. The third kappa shape index (κ3) is 4.58. The second kappa shape index (κ2) is 8.97. The van der Waals surface area contributed by atoms with Gasteiger partial charge in [-0.15, -0.1) is 0 Å². The zero-order chi connectivity index (χ0) is 21.3. The summed E-state index contributed by atoms with van der Waals surface area (Å²) in [7, 11) is -3.48. The highest BCUT2D eigenvalue weighted by Gasteiger charge is 2.34. The average Bonchev–Trinajstić information content (AvgIpc) is 2.73. The fourth-order valence-electron chi connectivity index (χ4n) is 5.47. The zero-order valence-corrected chi connectivity index (χ0v) is 19.2. The number of sulfonamides is 1. The lowest BCUT2D eigenvalue weighted by atomic mass is 9.75. The lowest BCUT2D eigenvalue weighted by molar-refractivity contribution is -0.135. The molecule has 30 heavy (non-hydrogen) atoms. The average molecular weight is 434 g/mol. The first-order valence-electron chi connectivity index (χ1n) is 11.4. The Kier molecular flexibility index (Phi) is 6.51. The maximum atomic E-state index is 13.1. The molecule has 1 aliphatic carbocycles. The number of hydrogen-bond donors (Lipinski definition) is 0. The number of hydrogen-bond acceptors (Lipinski definition) is 4. The van der Waals surface area contributed by atoms with Crippen molar-refractivity contribution in [3.8, 4) is 0 Å². The van der Waals surface area contributed by atoms with Crippen LogP contribution in [0, 0.1) is 25.7 Å². The van der Waals surface area contributed by atoms with Gasteiger partial charge in [0.05, 0.1) is 11.4 Å². The summed E-state index contributed by atoms with van der Waals surface area (Å²) < 4.78 is 27.7. The van der Waals surface area contributed by atoms with E-state index >= 15 is 0 Å². The maximum absolute atomic E-state index is 13.1. The molecule has 2 saturated heterocycles. The minimum Gasteiger partial charge on any atom is -0.341 e. The molecule has 0 spiro atoms. The number of nitrogens with zero attached hydrogens (tertiary/aromatic N) is 3. The third-order valence-electron chi connectivity index (χ3n) is 7.28. The lowest BCUT2D eigenvalue weighted by Gasteiger charge is -2.42. The molecule has 1 saturated carbocycles.